The minimum absolute atomic E-state index is 0.245. The number of aliphatic carboxylic acids is 1. The number of piperidine rings is 1. The number of carboxylic acid groups (broad SMARTS) is 1. The lowest BCUT2D eigenvalue weighted by Gasteiger charge is -2.26. The molecule has 0 radical (unpaired) electrons. The predicted molar refractivity (Wildman–Crippen MR) is 106 cm³/mol. The van der Waals surface area contributed by atoms with Gasteiger partial charge in [0.25, 0.3) is 0 Å². The lowest BCUT2D eigenvalue weighted by atomic mass is 9.98. The van der Waals surface area contributed by atoms with Crippen LogP contribution in [0.15, 0.2) is 47.5 Å². The lowest BCUT2D eigenvalue weighted by molar-refractivity contribution is -0.135. The van der Waals surface area contributed by atoms with Gasteiger partial charge in [-0.1, -0.05) is 23.7 Å². The Morgan fingerprint density at radius 2 is 1.96 bits per heavy atom. The number of nitrogens with one attached hydrogen (secondary N) is 2. The summed E-state index contributed by atoms with van der Waals surface area (Å²) in [6, 6.07) is 11.7. The molecule has 3 N–H and O–H groups in total. The molecular weight excluding hydrogens is 369 g/mol. The zero-order valence-corrected chi connectivity index (χ0v) is 15.5. The third-order valence-corrected chi connectivity index (χ3v) is 4.67. The van der Waals surface area contributed by atoms with Crippen LogP contribution in [0.2, 0.25) is 5.02 Å². The molecule has 1 aliphatic rings. The lowest BCUT2D eigenvalue weighted by Crippen LogP contribution is -2.35. The summed E-state index contributed by atoms with van der Waals surface area (Å²) in [6.45, 7) is 1.39. The van der Waals surface area contributed by atoms with Crippen molar-refractivity contribution in [3.63, 3.8) is 0 Å². The Morgan fingerprint density at radius 1 is 1.22 bits per heavy atom. The summed E-state index contributed by atoms with van der Waals surface area (Å²) in [6.07, 6.45) is 1.92. The molecule has 7 heteroatoms. The number of carbonyl (C=O) groups is 1. The van der Waals surface area contributed by atoms with Crippen molar-refractivity contribution in [3.8, 4) is 0 Å². The molecule has 1 aliphatic heterocycles. The average Bonchev–Trinajstić information content (AvgIpc) is 2.66. The van der Waals surface area contributed by atoms with Crippen molar-refractivity contribution in [2.75, 3.05) is 25.0 Å². The van der Waals surface area contributed by atoms with Gasteiger partial charge in [0.1, 0.15) is 12.4 Å². The molecule has 0 unspecified atom stereocenters. The van der Waals surface area contributed by atoms with E-state index in [0.29, 0.717) is 10.6 Å². The highest BCUT2D eigenvalue weighted by atomic mass is 35.5. The van der Waals surface area contributed by atoms with Gasteiger partial charge in [0.2, 0.25) is 0 Å². The number of halogens is 2. The fourth-order valence-electron chi connectivity index (χ4n) is 3.14. The number of aliphatic imine (C=N–C) groups is 1. The van der Waals surface area contributed by atoms with Crippen LogP contribution >= 0.6 is 11.6 Å². The molecule has 3 rings (SSSR count). The van der Waals surface area contributed by atoms with E-state index in [9.17, 15) is 9.18 Å². The Bertz CT molecular complexity index is 851. The van der Waals surface area contributed by atoms with Gasteiger partial charge in [-0.3, -0.25) is 9.79 Å². The zero-order valence-electron chi connectivity index (χ0n) is 14.7. The summed E-state index contributed by atoms with van der Waals surface area (Å²) in [5, 5.41) is 16.3. The van der Waals surface area contributed by atoms with Crippen molar-refractivity contribution in [1.82, 2.24) is 5.32 Å². The molecular formula is C20H21ClFN3O2. The Morgan fingerprint density at radius 3 is 2.67 bits per heavy atom. The fraction of sp³-hybridized carbons (Fsp3) is 0.300. The van der Waals surface area contributed by atoms with E-state index < -0.39 is 18.3 Å². The third kappa shape index (κ3) is 5.05. The van der Waals surface area contributed by atoms with Crippen molar-refractivity contribution >= 4 is 29.0 Å². The molecule has 0 bridgehead atoms. The van der Waals surface area contributed by atoms with Crippen molar-refractivity contribution in [2.24, 2.45) is 4.99 Å². The molecule has 2 aromatic carbocycles. The van der Waals surface area contributed by atoms with Crippen LogP contribution in [-0.2, 0) is 4.79 Å². The van der Waals surface area contributed by atoms with E-state index in [2.05, 4.69) is 15.6 Å². The van der Waals surface area contributed by atoms with Crippen molar-refractivity contribution in [1.29, 1.82) is 0 Å². The summed E-state index contributed by atoms with van der Waals surface area (Å²) < 4.78 is 14.5. The van der Waals surface area contributed by atoms with Gasteiger partial charge in [-0.15, -0.1) is 0 Å². The first kappa shape index (κ1) is 19.3. The number of carboxylic acids is 1. The molecule has 0 amide bonds. The van der Waals surface area contributed by atoms with Crippen molar-refractivity contribution in [2.45, 2.75) is 18.9 Å². The quantitative estimate of drug-likeness (QED) is 0.660. The first-order valence-electron chi connectivity index (χ1n) is 8.83. The fourth-order valence-corrected chi connectivity index (χ4v) is 3.31. The monoisotopic (exact) mass is 389 g/mol. The van der Waals surface area contributed by atoms with E-state index >= 15 is 0 Å². The van der Waals surface area contributed by atoms with Gasteiger partial charge in [-0.25, -0.2) is 4.39 Å². The van der Waals surface area contributed by atoms with Crippen LogP contribution in [0.25, 0.3) is 0 Å². The van der Waals surface area contributed by atoms with Crippen molar-refractivity contribution in [3.05, 3.63) is 64.4 Å². The molecule has 0 aliphatic carbocycles. The number of anilines is 1. The summed E-state index contributed by atoms with van der Waals surface area (Å²) in [5.74, 6) is -1.55. The van der Waals surface area contributed by atoms with E-state index in [1.54, 1.807) is 30.3 Å². The van der Waals surface area contributed by atoms with Gasteiger partial charge >= 0.3 is 5.97 Å². The Kier molecular flexibility index (Phi) is 6.42. The van der Waals surface area contributed by atoms with Crippen LogP contribution < -0.4 is 10.6 Å². The highest BCUT2D eigenvalue weighted by molar-refractivity contribution is 6.31. The molecule has 0 aromatic heterocycles. The van der Waals surface area contributed by atoms with E-state index in [1.165, 1.54) is 6.07 Å². The van der Waals surface area contributed by atoms with Crippen LogP contribution in [0.3, 0.4) is 0 Å². The third-order valence-electron chi connectivity index (χ3n) is 4.44. The van der Waals surface area contributed by atoms with Gasteiger partial charge < -0.3 is 15.7 Å². The maximum absolute atomic E-state index is 14.5. The van der Waals surface area contributed by atoms with Gasteiger partial charge in [-0.2, -0.15) is 0 Å². The van der Waals surface area contributed by atoms with E-state index in [4.69, 9.17) is 16.7 Å². The average molecular weight is 390 g/mol. The largest absolute Gasteiger partial charge is 0.480 e. The highest BCUT2D eigenvalue weighted by Gasteiger charge is 2.19. The van der Waals surface area contributed by atoms with Gasteiger partial charge in [0, 0.05) is 27.9 Å². The summed E-state index contributed by atoms with van der Waals surface area (Å²) >= 11 is 6.19. The van der Waals surface area contributed by atoms with Gasteiger partial charge in [0.05, 0.1) is 5.71 Å². The van der Waals surface area contributed by atoms with Crippen LogP contribution in [-0.4, -0.2) is 42.5 Å². The molecule has 0 atom stereocenters. The van der Waals surface area contributed by atoms with E-state index in [-0.39, 0.29) is 17.3 Å². The molecule has 0 saturated carbocycles. The minimum Gasteiger partial charge on any atom is -0.480 e. The second-order valence-electron chi connectivity index (χ2n) is 6.40. The van der Waals surface area contributed by atoms with Gasteiger partial charge in [0.15, 0.2) is 0 Å². The number of hydrogen-bond donors (Lipinski definition) is 3. The second-order valence-corrected chi connectivity index (χ2v) is 6.83. The van der Waals surface area contributed by atoms with Crippen LogP contribution in [0.1, 0.15) is 24.0 Å². The molecule has 2 aromatic rings. The molecule has 1 heterocycles. The maximum atomic E-state index is 14.5. The van der Waals surface area contributed by atoms with Gasteiger partial charge in [-0.05, 0) is 56.3 Å². The molecule has 0 spiro atoms. The number of rotatable bonds is 6. The second kappa shape index (κ2) is 8.97. The molecule has 142 valence electrons. The van der Waals surface area contributed by atoms with E-state index in [1.807, 2.05) is 6.07 Å². The maximum Gasteiger partial charge on any atom is 0.325 e. The first-order chi connectivity index (χ1) is 13.0. The van der Waals surface area contributed by atoms with Crippen molar-refractivity contribution < 1.29 is 14.3 Å². The minimum atomic E-state index is -1.08. The predicted octanol–water partition coefficient (Wildman–Crippen LogP) is 3.57. The van der Waals surface area contributed by atoms with Crippen LogP contribution in [0.4, 0.5) is 10.1 Å². The topological polar surface area (TPSA) is 73.7 Å². The van der Waals surface area contributed by atoms with E-state index in [0.717, 1.165) is 31.6 Å². The molecule has 27 heavy (non-hydrogen) atoms. The smallest absolute Gasteiger partial charge is 0.325 e. The Hall–Kier alpha value is -2.44. The van der Waals surface area contributed by atoms with Crippen LogP contribution in [0.5, 0.6) is 0 Å². The molecule has 5 nitrogen and oxygen atoms in total. The number of hydrogen-bond acceptors (Lipinski definition) is 4. The summed E-state index contributed by atoms with van der Waals surface area (Å²) in [7, 11) is 0. The number of benzene rings is 2. The Balaban J connectivity index is 2.05. The zero-order chi connectivity index (χ0) is 19.2. The standard InChI is InChI=1S/C20H21ClFN3O2/c21-13-5-6-18(25-14-7-9-23-10-8-14)16(11-13)20(24-12-19(26)27)15-3-1-2-4-17(15)22/h1-6,11,14,23,25H,7-10,12H2,(H,26,27). The normalized spacial score (nSPS) is 15.6. The summed E-state index contributed by atoms with van der Waals surface area (Å²) in [4.78, 5) is 15.3. The molecule has 1 saturated heterocycles. The van der Waals surface area contributed by atoms with Crippen LogP contribution in [0, 0.1) is 5.82 Å². The Labute approximate surface area is 162 Å². The highest BCUT2D eigenvalue weighted by Crippen LogP contribution is 2.27. The molecule has 1 fully saturated rings. The first-order valence-corrected chi connectivity index (χ1v) is 9.20. The SMILES string of the molecule is O=C(O)CN=C(c1ccccc1F)c1cc(Cl)ccc1NC1CCNCC1. The summed E-state index contributed by atoms with van der Waals surface area (Å²) in [5.41, 5.74) is 1.87. The number of nitrogens with zero attached hydrogens (tertiary/aromatic N) is 1.